The van der Waals surface area contributed by atoms with E-state index in [1.54, 1.807) is 0 Å². The number of aryl methyl sites for hydroxylation is 1. The van der Waals surface area contributed by atoms with Gasteiger partial charge in [-0.2, -0.15) is 0 Å². The Morgan fingerprint density at radius 2 is 1.30 bits per heavy atom. The third kappa shape index (κ3) is 4.57. The van der Waals surface area contributed by atoms with Crippen molar-refractivity contribution in [1.82, 2.24) is 4.57 Å². The van der Waals surface area contributed by atoms with Gasteiger partial charge in [0.2, 0.25) is 0 Å². The van der Waals surface area contributed by atoms with Crippen molar-refractivity contribution in [3.05, 3.63) is 42.2 Å². The summed E-state index contributed by atoms with van der Waals surface area (Å²) >= 11 is 14.5. The molecule has 2 aromatic carbocycles. The van der Waals surface area contributed by atoms with E-state index in [1.807, 2.05) is 26.0 Å². The topological polar surface area (TPSA) is 40.5 Å². The second-order valence-electron chi connectivity index (χ2n) is 5.89. The minimum atomic E-state index is -3.14. The van der Waals surface area contributed by atoms with E-state index in [9.17, 15) is 4.57 Å². The number of benzene rings is 2. The normalized spacial score (nSPS) is 12.4. The van der Waals surface area contributed by atoms with Gasteiger partial charge in [0, 0.05) is 35.2 Å². The first-order chi connectivity index (χ1) is 12.8. The summed E-state index contributed by atoms with van der Waals surface area (Å²) < 4.78 is 30.0. The Morgan fingerprint density at radius 3 is 1.70 bits per heavy atom. The first kappa shape index (κ1) is 22.0. The molecule has 0 aliphatic heterocycles. The van der Waals surface area contributed by atoms with Gasteiger partial charge in [0.25, 0.3) is 0 Å². The Hall–Kier alpha value is 0.310. The second kappa shape index (κ2) is 8.99. The maximum Gasteiger partial charge on any atom is 0.332 e. The first-order valence-corrected chi connectivity index (χ1v) is 13.3. The lowest BCUT2D eigenvalue weighted by molar-refractivity contribution is 0.219. The van der Waals surface area contributed by atoms with Crippen LogP contribution in [-0.2, 0) is 20.2 Å². The molecule has 1 aromatic heterocycles. The average molecular weight is 647 g/mol. The van der Waals surface area contributed by atoms with Crippen molar-refractivity contribution < 1.29 is 13.6 Å². The Bertz CT molecular complexity index is 975. The molecule has 0 radical (unpaired) electrons. The van der Waals surface area contributed by atoms with Crippen LogP contribution in [0.4, 0.5) is 0 Å². The number of nitrogens with zero attached hydrogens (tertiary/aromatic N) is 1. The monoisotopic (exact) mass is 643 g/mol. The predicted octanol–water partition coefficient (Wildman–Crippen LogP) is 8.11. The molecule has 0 fully saturated rings. The zero-order valence-electron chi connectivity index (χ0n) is 14.8. The third-order valence-corrected chi connectivity index (χ3v) is 8.31. The fourth-order valence-electron chi connectivity index (χ4n) is 3.21. The molecule has 0 bridgehead atoms. The first-order valence-electron chi connectivity index (χ1n) is 8.43. The molecule has 3 aromatic rings. The maximum atomic E-state index is 13.0. The van der Waals surface area contributed by atoms with Gasteiger partial charge in [-0.3, -0.25) is 4.57 Å². The fourth-order valence-corrected chi connectivity index (χ4v) is 7.65. The molecule has 0 aliphatic carbocycles. The molecule has 0 amide bonds. The Kier molecular flexibility index (Phi) is 7.32. The van der Waals surface area contributed by atoms with E-state index in [1.165, 1.54) is 0 Å². The van der Waals surface area contributed by atoms with Crippen molar-refractivity contribution in [2.75, 3.05) is 19.4 Å². The number of fused-ring (bicyclic) bond motifs is 3. The van der Waals surface area contributed by atoms with Crippen molar-refractivity contribution in [2.24, 2.45) is 0 Å². The van der Waals surface area contributed by atoms with Crippen LogP contribution in [0.3, 0.4) is 0 Å². The van der Waals surface area contributed by atoms with Crippen LogP contribution in [-0.4, -0.2) is 23.9 Å². The molecule has 0 spiro atoms. The van der Waals surface area contributed by atoms with Gasteiger partial charge in [-0.1, -0.05) is 31.9 Å². The minimum Gasteiger partial charge on any atom is -0.338 e. The predicted molar refractivity (Wildman–Crippen MR) is 126 cm³/mol. The van der Waals surface area contributed by atoms with E-state index >= 15 is 0 Å². The smallest absolute Gasteiger partial charge is 0.332 e. The highest BCUT2D eigenvalue weighted by molar-refractivity contribution is 9.11. The fraction of sp³-hybridized carbons (Fsp3) is 0.333. The van der Waals surface area contributed by atoms with Gasteiger partial charge in [-0.15, -0.1) is 0 Å². The molecule has 0 unspecified atom stereocenters. The molecular weight excluding hydrogens is 629 g/mol. The highest BCUT2D eigenvalue weighted by Crippen LogP contribution is 2.49. The van der Waals surface area contributed by atoms with E-state index in [4.69, 9.17) is 9.05 Å². The lowest BCUT2D eigenvalue weighted by Crippen LogP contribution is -2.08. The summed E-state index contributed by atoms with van der Waals surface area (Å²) in [7, 11) is -3.14. The molecule has 0 aliphatic rings. The van der Waals surface area contributed by atoms with Gasteiger partial charge in [0.1, 0.15) is 0 Å². The number of rotatable bonds is 7. The quantitative estimate of drug-likeness (QED) is 0.244. The SMILES string of the molecule is CCOP(=O)(CCn1c2c(Br)cc(Br)cc2c2cc(Br)cc(Br)c21)OCC. The number of hydrogen-bond acceptors (Lipinski definition) is 3. The second-order valence-corrected chi connectivity index (χ2v) is 11.6. The van der Waals surface area contributed by atoms with Gasteiger partial charge in [0.05, 0.1) is 30.4 Å². The van der Waals surface area contributed by atoms with E-state index in [2.05, 4.69) is 80.4 Å². The van der Waals surface area contributed by atoms with Crippen molar-refractivity contribution in [1.29, 1.82) is 0 Å². The van der Waals surface area contributed by atoms with Crippen LogP contribution in [0.25, 0.3) is 21.8 Å². The van der Waals surface area contributed by atoms with Crippen LogP contribution < -0.4 is 0 Å². The molecule has 0 saturated carbocycles. The van der Waals surface area contributed by atoms with Crippen LogP contribution in [0.1, 0.15) is 13.8 Å². The van der Waals surface area contributed by atoms with Gasteiger partial charge in [0.15, 0.2) is 0 Å². The van der Waals surface area contributed by atoms with Crippen molar-refractivity contribution in [2.45, 2.75) is 20.4 Å². The van der Waals surface area contributed by atoms with Crippen LogP contribution in [0.5, 0.6) is 0 Å². The maximum absolute atomic E-state index is 13.0. The average Bonchev–Trinajstić information content (AvgIpc) is 2.88. The summed E-state index contributed by atoms with van der Waals surface area (Å²) in [5, 5.41) is 2.21. The Balaban J connectivity index is 2.20. The van der Waals surface area contributed by atoms with Crippen LogP contribution in [0.15, 0.2) is 42.2 Å². The van der Waals surface area contributed by atoms with Crippen LogP contribution in [0, 0.1) is 0 Å². The summed E-state index contributed by atoms with van der Waals surface area (Å²) in [6.45, 7) is 4.88. The van der Waals surface area contributed by atoms with Gasteiger partial charge >= 0.3 is 7.60 Å². The number of halogens is 4. The molecule has 0 saturated heterocycles. The van der Waals surface area contributed by atoms with Gasteiger partial charge in [-0.05, 0) is 70.0 Å². The van der Waals surface area contributed by atoms with Crippen molar-refractivity contribution in [3.63, 3.8) is 0 Å². The molecule has 27 heavy (non-hydrogen) atoms. The number of aromatic nitrogens is 1. The van der Waals surface area contributed by atoms with Crippen LogP contribution >= 0.6 is 71.3 Å². The molecule has 146 valence electrons. The van der Waals surface area contributed by atoms with E-state index in [-0.39, 0.29) is 0 Å². The lowest BCUT2D eigenvalue weighted by Gasteiger charge is -2.18. The molecular formula is C18H18Br4NO3P. The standard InChI is InChI=1S/C18H18Br4NO3P/c1-3-25-27(24,26-4-2)6-5-23-17-13(7-11(19)9-15(17)21)14-8-12(20)10-16(22)18(14)23/h7-10H,3-6H2,1-2H3. The molecule has 4 nitrogen and oxygen atoms in total. The summed E-state index contributed by atoms with van der Waals surface area (Å²) in [6.07, 6.45) is 0.304. The van der Waals surface area contributed by atoms with E-state index < -0.39 is 7.60 Å². The summed E-state index contributed by atoms with van der Waals surface area (Å²) in [4.78, 5) is 0. The largest absolute Gasteiger partial charge is 0.338 e. The number of hydrogen-bond donors (Lipinski definition) is 0. The summed E-state index contributed by atoms with van der Waals surface area (Å²) in [5.74, 6) is 0. The molecule has 0 N–H and O–H groups in total. The van der Waals surface area contributed by atoms with E-state index in [0.29, 0.717) is 25.9 Å². The summed E-state index contributed by atoms with van der Waals surface area (Å²) in [5.41, 5.74) is 2.10. The zero-order chi connectivity index (χ0) is 19.8. The zero-order valence-corrected chi connectivity index (χ0v) is 22.0. The molecule has 3 rings (SSSR count). The highest BCUT2D eigenvalue weighted by atomic mass is 79.9. The van der Waals surface area contributed by atoms with E-state index in [0.717, 1.165) is 39.7 Å². The minimum absolute atomic E-state index is 0.304. The lowest BCUT2D eigenvalue weighted by atomic mass is 10.1. The van der Waals surface area contributed by atoms with Gasteiger partial charge < -0.3 is 13.6 Å². The summed E-state index contributed by atoms with van der Waals surface area (Å²) in [6, 6.07) is 8.24. The Labute approximate surface area is 192 Å². The molecule has 1 heterocycles. The highest BCUT2D eigenvalue weighted by Gasteiger charge is 2.25. The van der Waals surface area contributed by atoms with Crippen molar-refractivity contribution in [3.8, 4) is 0 Å². The van der Waals surface area contributed by atoms with Crippen molar-refractivity contribution >= 4 is 93.1 Å². The third-order valence-electron chi connectivity index (χ3n) is 4.14. The Morgan fingerprint density at radius 1 is 0.852 bits per heavy atom. The van der Waals surface area contributed by atoms with Gasteiger partial charge in [-0.25, -0.2) is 0 Å². The molecule has 9 heteroatoms. The molecule has 0 atom stereocenters. The van der Waals surface area contributed by atoms with Crippen LogP contribution in [0.2, 0.25) is 0 Å².